The minimum atomic E-state index is -0.446. The number of ether oxygens (including phenoxy) is 2. The Morgan fingerprint density at radius 2 is 2.00 bits per heavy atom. The van der Waals surface area contributed by atoms with Crippen LogP contribution in [-0.4, -0.2) is 6.79 Å². The van der Waals surface area contributed by atoms with Crippen LogP contribution in [0.2, 0.25) is 0 Å². The summed E-state index contributed by atoms with van der Waals surface area (Å²) in [5.74, 6) is 1.40. The minimum Gasteiger partial charge on any atom is -0.454 e. The molecule has 20 heavy (non-hydrogen) atoms. The lowest BCUT2D eigenvalue weighted by Crippen LogP contribution is -2.08. The molecule has 0 spiro atoms. The zero-order chi connectivity index (χ0) is 13.9. The zero-order valence-electron chi connectivity index (χ0n) is 10.5. The Morgan fingerprint density at radius 3 is 2.80 bits per heavy atom. The van der Waals surface area contributed by atoms with Crippen LogP contribution >= 0.6 is 15.9 Å². The lowest BCUT2D eigenvalue weighted by atomic mass is 10.1. The molecule has 1 atom stereocenters. The highest BCUT2D eigenvalue weighted by Crippen LogP contribution is 2.34. The fraction of sp³-hybridized carbons (Fsp3) is 0.133. The molecule has 0 aliphatic carbocycles. The molecule has 1 aliphatic heterocycles. The van der Waals surface area contributed by atoms with Crippen LogP contribution in [0.3, 0.4) is 0 Å². The highest BCUT2D eigenvalue weighted by atomic mass is 79.9. The number of nitrogens with zero attached hydrogens (tertiary/aromatic N) is 1. The Hall–Kier alpha value is -2.19. The first-order valence-electron chi connectivity index (χ1n) is 6.07. The van der Waals surface area contributed by atoms with Crippen LogP contribution in [-0.2, 0) is 0 Å². The van der Waals surface area contributed by atoms with Crippen molar-refractivity contribution in [2.24, 2.45) is 0 Å². The number of nitrogens with one attached hydrogen (secondary N) is 1. The Bertz CT molecular complexity index is 682. The second-order valence-electron chi connectivity index (χ2n) is 4.33. The van der Waals surface area contributed by atoms with Gasteiger partial charge < -0.3 is 14.8 Å². The molecule has 3 rings (SSSR count). The third-order valence-electron chi connectivity index (χ3n) is 2.99. The van der Waals surface area contributed by atoms with Crippen molar-refractivity contribution in [1.82, 2.24) is 0 Å². The molecule has 0 fully saturated rings. The normalized spacial score (nSPS) is 13.6. The fourth-order valence-corrected chi connectivity index (χ4v) is 2.43. The summed E-state index contributed by atoms with van der Waals surface area (Å²) in [5, 5.41) is 12.6. The van der Waals surface area contributed by atoms with E-state index in [-0.39, 0.29) is 6.79 Å². The molecule has 4 nitrogen and oxygen atoms in total. The van der Waals surface area contributed by atoms with Gasteiger partial charge in [-0.05, 0) is 35.9 Å². The number of fused-ring (bicyclic) bond motifs is 1. The van der Waals surface area contributed by atoms with Gasteiger partial charge >= 0.3 is 0 Å². The maximum absolute atomic E-state index is 9.36. The van der Waals surface area contributed by atoms with Crippen LogP contribution in [0.4, 0.5) is 5.69 Å². The van der Waals surface area contributed by atoms with Crippen molar-refractivity contribution in [3.63, 3.8) is 0 Å². The maximum Gasteiger partial charge on any atom is 0.231 e. The molecular weight excluding hydrogens is 320 g/mol. The topological polar surface area (TPSA) is 54.3 Å². The van der Waals surface area contributed by atoms with Gasteiger partial charge in [0.05, 0.1) is 6.07 Å². The summed E-state index contributed by atoms with van der Waals surface area (Å²) in [6.07, 6.45) is 0. The highest BCUT2D eigenvalue weighted by molar-refractivity contribution is 9.10. The largest absolute Gasteiger partial charge is 0.454 e. The van der Waals surface area contributed by atoms with Gasteiger partial charge in [-0.3, -0.25) is 0 Å². The van der Waals surface area contributed by atoms with Crippen LogP contribution in [0, 0.1) is 11.3 Å². The van der Waals surface area contributed by atoms with Crippen LogP contribution < -0.4 is 14.8 Å². The molecule has 0 amide bonds. The quantitative estimate of drug-likeness (QED) is 0.928. The van der Waals surface area contributed by atoms with Crippen LogP contribution in [0.1, 0.15) is 11.6 Å². The molecule has 0 bridgehead atoms. The summed E-state index contributed by atoms with van der Waals surface area (Å²) >= 11 is 3.41. The van der Waals surface area contributed by atoms with Gasteiger partial charge in [0, 0.05) is 10.2 Å². The summed E-state index contributed by atoms with van der Waals surface area (Å²) < 4.78 is 11.6. The van der Waals surface area contributed by atoms with E-state index in [0.717, 1.165) is 15.7 Å². The Labute approximate surface area is 125 Å². The number of anilines is 1. The lowest BCUT2D eigenvalue weighted by molar-refractivity contribution is 0.174. The van der Waals surface area contributed by atoms with Crippen LogP contribution in [0.5, 0.6) is 11.5 Å². The molecule has 1 aliphatic rings. The molecule has 0 saturated carbocycles. The van der Waals surface area contributed by atoms with E-state index in [4.69, 9.17) is 9.47 Å². The van der Waals surface area contributed by atoms with E-state index in [9.17, 15) is 5.26 Å². The zero-order valence-corrected chi connectivity index (χ0v) is 12.1. The summed E-state index contributed by atoms with van der Waals surface area (Å²) in [7, 11) is 0. The first-order valence-corrected chi connectivity index (χ1v) is 6.87. The smallest absolute Gasteiger partial charge is 0.231 e. The van der Waals surface area contributed by atoms with E-state index in [1.54, 1.807) is 0 Å². The van der Waals surface area contributed by atoms with E-state index in [2.05, 4.69) is 27.3 Å². The van der Waals surface area contributed by atoms with Crippen molar-refractivity contribution < 1.29 is 9.47 Å². The molecular formula is C15H11BrN2O2. The van der Waals surface area contributed by atoms with E-state index >= 15 is 0 Å². The first kappa shape index (κ1) is 12.8. The first-order chi connectivity index (χ1) is 9.76. The van der Waals surface area contributed by atoms with E-state index in [1.165, 1.54) is 0 Å². The molecule has 1 unspecified atom stereocenters. The van der Waals surface area contributed by atoms with E-state index in [1.807, 2.05) is 42.5 Å². The SMILES string of the molecule is N#CC(Nc1cccc(Br)c1)c1ccc2c(c1)OCO2. The van der Waals surface area contributed by atoms with Crippen molar-refractivity contribution in [3.8, 4) is 17.6 Å². The van der Waals surface area contributed by atoms with Crippen molar-refractivity contribution >= 4 is 21.6 Å². The fourth-order valence-electron chi connectivity index (χ4n) is 2.03. The summed E-state index contributed by atoms with van der Waals surface area (Å²) in [6, 6.07) is 15.0. The van der Waals surface area contributed by atoms with E-state index in [0.29, 0.717) is 11.5 Å². The Balaban J connectivity index is 1.85. The Morgan fingerprint density at radius 1 is 1.15 bits per heavy atom. The van der Waals surface area contributed by atoms with Crippen molar-refractivity contribution in [1.29, 1.82) is 5.26 Å². The molecule has 0 radical (unpaired) electrons. The third-order valence-corrected chi connectivity index (χ3v) is 3.49. The van der Waals surface area contributed by atoms with Gasteiger partial charge in [0.1, 0.15) is 6.04 Å². The number of hydrogen-bond acceptors (Lipinski definition) is 4. The van der Waals surface area contributed by atoms with Gasteiger partial charge in [-0.1, -0.05) is 28.1 Å². The maximum atomic E-state index is 9.36. The third kappa shape index (κ3) is 2.56. The number of benzene rings is 2. The summed E-state index contributed by atoms with van der Waals surface area (Å²) in [6.45, 7) is 0.231. The van der Waals surface area contributed by atoms with Crippen LogP contribution in [0.15, 0.2) is 46.9 Å². The van der Waals surface area contributed by atoms with Gasteiger partial charge in [-0.25, -0.2) is 0 Å². The van der Waals surface area contributed by atoms with Gasteiger partial charge in [-0.2, -0.15) is 5.26 Å². The predicted molar refractivity (Wildman–Crippen MR) is 78.7 cm³/mol. The molecule has 1 heterocycles. The molecule has 5 heteroatoms. The lowest BCUT2D eigenvalue weighted by Gasteiger charge is -2.14. The van der Waals surface area contributed by atoms with Gasteiger partial charge in [-0.15, -0.1) is 0 Å². The molecule has 0 aromatic heterocycles. The average molecular weight is 331 g/mol. The second kappa shape index (κ2) is 5.43. The summed E-state index contributed by atoms with van der Waals surface area (Å²) in [4.78, 5) is 0. The standard InChI is InChI=1S/C15H11BrN2O2/c16-11-2-1-3-12(7-11)18-13(8-17)10-4-5-14-15(6-10)20-9-19-14/h1-7,13,18H,9H2. The highest BCUT2D eigenvalue weighted by Gasteiger charge is 2.17. The molecule has 2 aromatic rings. The van der Waals surface area contributed by atoms with Gasteiger partial charge in [0.25, 0.3) is 0 Å². The number of halogens is 1. The van der Waals surface area contributed by atoms with Crippen molar-refractivity contribution in [3.05, 3.63) is 52.5 Å². The van der Waals surface area contributed by atoms with Crippen LogP contribution in [0.25, 0.3) is 0 Å². The Kier molecular flexibility index (Phi) is 3.48. The predicted octanol–water partition coefficient (Wildman–Crippen LogP) is 3.85. The molecule has 0 saturated heterocycles. The molecule has 1 N–H and O–H groups in total. The van der Waals surface area contributed by atoms with Crippen molar-refractivity contribution in [2.75, 3.05) is 12.1 Å². The second-order valence-corrected chi connectivity index (χ2v) is 5.25. The molecule has 100 valence electrons. The van der Waals surface area contributed by atoms with Crippen molar-refractivity contribution in [2.45, 2.75) is 6.04 Å². The number of nitriles is 1. The average Bonchev–Trinajstić information content (AvgIpc) is 2.92. The van der Waals surface area contributed by atoms with E-state index < -0.39 is 6.04 Å². The van der Waals surface area contributed by atoms with Gasteiger partial charge in [0.2, 0.25) is 6.79 Å². The number of rotatable bonds is 3. The molecule has 2 aromatic carbocycles. The monoisotopic (exact) mass is 330 g/mol. The van der Waals surface area contributed by atoms with Gasteiger partial charge in [0.15, 0.2) is 11.5 Å². The number of hydrogen-bond donors (Lipinski definition) is 1. The minimum absolute atomic E-state index is 0.231. The summed E-state index contributed by atoms with van der Waals surface area (Å²) in [5.41, 5.74) is 1.72.